The summed E-state index contributed by atoms with van der Waals surface area (Å²) in [4.78, 5) is 41.1. The Hall–Kier alpha value is -4.50. The molecule has 4 aromatic rings. The third-order valence-corrected chi connectivity index (χ3v) is 10.8. The summed E-state index contributed by atoms with van der Waals surface area (Å²) < 4.78 is 3.73. The second-order valence-corrected chi connectivity index (χ2v) is 14.0. The fraction of sp³-hybridized carbons (Fsp3) is 0.432. The molecule has 1 aliphatic carbocycles. The molecule has 2 N–H and O–H groups in total. The quantitative estimate of drug-likeness (QED) is 0.254. The van der Waals surface area contributed by atoms with E-state index in [1.165, 1.54) is 32.1 Å². The van der Waals surface area contributed by atoms with Crippen LogP contribution in [0.25, 0.3) is 11.1 Å². The van der Waals surface area contributed by atoms with Gasteiger partial charge in [0.15, 0.2) is 11.6 Å². The molecule has 7 rings (SSSR count). The first-order valence-corrected chi connectivity index (χ1v) is 17.5. The summed E-state index contributed by atoms with van der Waals surface area (Å²) in [7, 11) is 5.78. The third kappa shape index (κ3) is 6.48. The van der Waals surface area contributed by atoms with Crippen molar-refractivity contribution in [3.05, 3.63) is 81.4 Å². The molecule has 2 amide bonds. The summed E-state index contributed by atoms with van der Waals surface area (Å²) in [5.41, 5.74) is 6.11. The minimum Gasteiger partial charge on any atom is -0.327 e. The fourth-order valence-electron chi connectivity index (χ4n) is 7.73. The molecule has 0 unspecified atom stereocenters. The number of anilines is 2. The summed E-state index contributed by atoms with van der Waals surface area (Å²) in [6.07, 6.45) is 8.28. The molecule has 0 saturated heterocycles. The number of benzene rings is 2. The van der Waals surface area contributed by atoms with E-state index in [2.05, 4.69) is 31.5 Å². The number of imidazole rings is 2. The molecule has 3 aliphatic rings. The van der Waals surface area contributed by atoms with E-state index in [0.717, 1.165) is 67.7 Å². The van der Waals surface area contributed by atoms with E-state index in [9.17, 15) is 14.9 Å². The highest BCUT2D eigenvalue weighted by molar-refractivity contribution is 6.36. The first-order chi connectivity index (χ1) is 23.7. The summed E-state index contributed by atoms with van der Waals surface area (Å²) in [6.45, 7) is 4.41. The van der Waals surface area contributed by atoms with E-state index in [1.807, 2.05) is 30.3 Å². The number of fused-ring (bicyclic) bond motifs is 2. The Kier molecular flexibility index (Phi) is 9.29. The van der Waals surface area contributed by atoms with E-state index in [0.29, 0.717) is 40.7 Å². The van der Waals surface area contributed by atoms with Gasteiger partial charge in [-0.1, -0.05) is 55.1 Å². The topological polar surface area (TPSA) is 124 Å². The van der Waals surface area contributed by atoms with Crippen molar-refractivity contribution in [2.24, 2.45) is 20.0 Å². The van der Waals surface area contributed by atoms with Crippen molar-refractivity contribution in [3.63, 3.8) is 0 Å². The highest BCUT2D eigenvalue weighted by Gasteiger charge is 2.28. The molecule has 2 aliphatic heterocycles. The van der Waals surface area contributed by atoms with Crippen molar-refractivity contribution in [2.45, 2.75) is 58.0 Å². The monoisotopic (exact) mass is 679 g/mol. The lowest BCUT2D eigenvalue weighted by molar-refractivity contribution is 0.100. The van der Waals surface area contributed by atoms with Gasteiger partial charge in [0.2, 0.25) is 0 Å². The maximum atomic E-state index is 13.6. The Morgan fingerprint density at radius 3 is 2.10 bits per heavy atom. The number of halogens is 1. The molecule has 11 nitrogen and oxygen atoms in total. The van der Waals surface area contributed by atoms with Gasteiger partial charge in [0, 0.05) is 82.2 Å². The minimum absolute atomic E-state index is 0.259. The Morgan fingerprint density at radius 1 is 0.837 bits per heavy atom. The van der Waals surface area contributed by atoms with Gasteiger partial charge in [-0.25, -0.2) is 9.97 Å². The molecule has 254 valence electrons. The van der Waals surface area contributed by atoms with Gasteiger partial charge in [0.1, 0.15) is 6.07 Å². The Balaban J connectivity index is 1.09. The van der Waals surface area contributed by atoms with E-state index < -0.39 is 5.91 Å². The third-order valence-electron chi connectivity index (χ3n) is 10.4. The molecule has 1 saturated carbocycles. The molecule has 0 bridgehead atoms. The van der Waals surface area contributed by atoms with Gasteiger partial charge in [-0.15, -0.1) is 0 Å². The Bertz CT molecular complexity index is 1970. The molecule has 0 atom stereocenters. The molecule has 0 radical (unpaired) electrons. The molecule has 4 heterocycles. The number of nitrogens with one attached hydrogen (secondary N) is 2. The summed E-state index contributed by atoms with van der Waals surface area (Å²) in [5.74, 6) is 0.653. The van der Waals surface area contributed by atoms with Crippen molar-refractivity contribution in [1.82, 2.24) is 28.9 Å². The highest BCUT2D eigenvalue weighted by atomic mass is 35.5. The van der Waals surface area contributed by atoms with Crippen LogP contribution in [0.15, 0.2) is 36.4 Å². The predicted octanol–water partition coefficient (Wildman–Crippen LogP) is 5.78. The molecule has 2 aromatic carbocycles. The van der Waals surface area contributed by atoms with Gasteiger partial charge in [0.25, 0.3) is 11.8 Å². The molecular formula is C37H42ClN9O2. The van der Waals surface area contributed by atoms with Crippen LogP contribution in [0.5, 0.6) is 0 Å². The average molecular weight is 680 g/mol. The van der Waals surface area contributed by atoms with Gasteiger partial charge >= 0.3 is 0 Å². The Labute approximate surface area is 291 Å². The fourth-order valence-corrected chi connectivity index (χ4v) is 8.01. The number of hydrogen-bond acceptors (Lipinski definition) is 7. The van der Waals surface area contributed by atoms with Gasteiger partial charge in [-0.05, 0) is 37.9 Å². The van der Waals surface area contributed by atoms with E-state index in [-0.39, 0.29) is 16.5 Å². The summed E-state index contributed by atoms with van der Waals surface area (Å²) in [5, 5.41) is 16.4. The predicted molar refractivity (Wildman–Crippen MR) is 190 cm³/mol. The van der Waals surface area contributed by atoms with Crippen molar-refractivity contribution >= 4 is 34.8 Å². The van der Waals surface area contributed by atoms with Gasteiger partial charge in [-0.3, -0.25) is 14.5 Å². The number of amides is 2. The second-order valence-electron chi connectivity index (χ2n) is 13.7. The first kappa shape index (κ1) is 33.0. The second kappa shape index (κ2) is 13.8. The van der Waals surface area contributed by atoms with Crippen molar-refractivity contribution in [2.75, 3.05) is 37.3 Å². The van der Waals surface area contributed by atoms with Crippen LogP contribution in [0.3, 0.4) is 0 Å². The lowest BCUT2D eigenvalue weighted by Gasteiger charge is -2.32. The van der Waals surface area contributed by atoms with Gasteiger partial charge in [-0.2, -0.15) is 5.26 Å². The number of aromatic nitrogens is 4. The molecule has 12 heteroatoms. The number of carbonyl (C=O) groups is 2. The molecule has 1 fully saturated rings. The van der Waals surface area contributed by atoms with Crippen LogP contribution >= 0.6 is 11.6 Å². The molecule has 2 aromatic heterocycles. The maximum Gasteiger partial charge on any atom is 0.291 e. The maximum absolute atomic E-state index is 13.6. The SMILES string of the molecule is CN1CCc2c(nc(C(=O)Nc3cccc(-c4cccc(NC(=O)c5nc6c(n5C)CCN(CC5CCCCC5)C6)c4Cl)c3C#N)n2C)C1. The normalized spacial score (nSPS) is 16.9. The van der Waals surface area contributed by atoms with Crippen LogP contribution in [-0.4, -0.2) is 67.4 Å². The number of likely N-dealkylation sites (N-methyl/N-ethyl adjacent to an activating group) is 1. The van der Waals surface area contributed by atoms with E-state index in [4.69, 9.17) is 16.6 Å². The van der Waals surface area contributed by atoms with Crippen LogP contribution in [-0.2, 0) is 40.0 Å². The van der Waals surface area contributed by atoms with Gasteiger partial charge < -0.3 is 24.7 Å². The van der Waals surface area contributed by atoms with Crippen molar-refractivity contribution in [1.29, 1.82) is 5.26 Å². The summed E-state index contributed by atoms with van der Waals surface area (Å²) >= 11 is 6.94. The lowest BCUT2D eigenvalue weighted by Crippen LogP contribution is -2.35. The highest BCUT2D eigenvalue weighted by Crippen LogP contribution is 2.38. The zero-order valence-corrected chi connectivity index (χ0v) is 29.1. The van der Waals surface area contributed by atoms with Crippen molar-refractivity contribution in [3.8, 4) is 17.2 Å². The van der Waals surface area contributed by atoms with Crippen LogP contribution in [0.2, 0.25) is 5.02 Å². The molecule has 49 heavy (non-hydrogen) atoms. The van der Waals surface area contributed by atoms with Crippen LogP contribution in [0, 0.1) is 17.2 Å². The zero-order chi connectivity index (χ0) is 34.2. The number of carbonyl (C=O) groups excluding carboxylic acids is 2. The van der Waals surface area contributed by atoms with E-state index >= 15 is 0 Å². The number of nitrogens with zero attached hydrogens (tertiary/aromatic N) is 7. The average Bonchev–Trinajstić information content (AvgIpc) is 3.61. The largest absolute Gasteiger partial charge is 0.327 e. The standard InChI is InChI=1S/C37H42ClN9O2/c1-44-17-15-31-29(21-44)40-34(45(31)2)36(48)42-27-13-7-11-24(26(27)19-39)25-12-8-14-28(33(25)38)43-37(49)35-41-30-22-47(18-16-32(30)46(35)3)20-23-9-5-4-6-10-23/h7-8,11-14,23H,4-6,9-10,15-18,20-22H2,1-3H3,(H,42,48)(H,43,49). The first-order valence-electron chi connectivity index (χ1n) is 17.2. The van der Waals surface area contributed by atoms with E-state index in [1.54, 1.807) is 36.4 Å². The number of hydrogen-bond donors (Lipinski definition) is 2. The minimum atomic E-state index is -0.393. The Morgan fingerprint density at radius 2 is 1.43 bits per heavy atom. The zero-order valence-electron chi connectivity index (χ0n) is 28.4. The van der Waals surface area contributed by atoms with Crippen LogP contribution < -0.4 is 10.6 Å². The van der Waals surface area contributed by atoms with Crippen molar-refractivity contribution < 1.29 is 9.59 Å². The van der Waals surface area contributed by atoms with Crippen LogP contribution in [0.1, 0.15) is 81.7 Å². The number of rotatable bonds is 7. The lowest BCUT2D eigenvalue weighted by atomic mass is 9.88. The summed E-state index contributed by atoms with van der Waals surface area (Å²) in [6, 6.07) is 12.8. The smallest absolute Gasteiger partial charge is 0.291 e. The number of nitriles is 1. The van der Waals surface area contributed by atoms with Gasteiger partial charge in [0.05, 0.1) is 33.3 Å². The van der Waals surface area contributed by atoms with Crippen LogP contribution in [0.4, 0.5) is 11.4 Å². The molecule has 0 spiro atoms. The molecular weight excluding hydrogens is 638 g/mol.